The van der Waals surface area contributed by atoms with Gasteiger partial charge in [-0.15, -0.1) is 0 Å². The van der Waals surface area contributed by atoms with Crippen molar-refractivity contribution in [2.75, 3.05) is 0 Å². The zero-order valence-electron chi connectivity index (χ0n) is 12.6. The molecule has 6 nitrogen and oxygen atoms in total. The summed E-state index contributed by atoms with van der Waals surface area (Å²) in [5.41, 5.74) is 1.12. The van der Waals surface area contributed by atoms with Crippen molar-refractivity contribution < 1.29 is 19.2 Å². The molecule has 0 radical (unpaired) electrons. The van der Waals surface area contributed by atoms with Gasteiger partial charge in [-0.3, -0.25) is 29.8 Å². The van der Waals surface area contributed by atoms with Crippen LogP contribution in [0.15, 0.2) is 23.3 Å². The summed E-state index contributed by atoms with van der Waals surface area (Å²) in [4.78, 5) is 44.8. The fourth-order valence-corrected chi connectivity index (χ4v) is 2.63. The van der Waals surface area contributed by atoms with Crippen molar-refractivity contribution in [3.63, 3.8) is 0 Å². The maximum atomic E-state index is 11.4. The van der Waals surface area contributed by atoms with E-state index in [4.69, 9.17) is 0 Å². The van der Waals surface area contributed by atoms with Gasteiger partial charge in [0.05, 0.1) is 0 Å². The minimum absolute atomic E-state index is 0.276. The number of nitrogens with one attached hydrogen (secondary N) is 2. The third-order valence-electron chi connectivity index (χ3n) is 3.97. The molecule has 0 fully saturated rings. The minimum atomic E-state index is -0.328. The largest absolute Gasteiger partial charge is 0.289 e. The lowest BCUT2D eigenvalue weighted by Crippen LogP contribution is -2.22. The molecule has 6 heteroatoms. The fourth-order valence-electron chi connectivity index (χ4n) is 2.63. The van der Waals surface area contributed by atoms with E-state index >= 15 is 0 Å². The van der Waals surface area contributed by atoms with E-state index in [1.54, 1.807) is 0 Å². The van der Waals surface area contributed by atoms with E-state index in [2.05, 4.69) is 17.6 Å². The normalized spacial score (nSPS) is 19.0. The summed E-state index contributed by atoms with van der Waals surface area (Å²) in [6.45, 7) is 2.11. The number of amides is 4. The van der Waals surface area contributed by atoms with E-state index in [1.165, 1.54) is 12.2 Å². The maximum absolute atomic E-state index is 11.4. The predicted octanol–water partition coefficient (Wildman–Crippen LogP) is 1.13. The van der Waals surface area contributed by atoms with Crippen LogP contribution < -0.4 is 10.6 Å². The second kappa shape index (κ2) is 7.15. The zero-order chi connectivity index (χ0) is 16.1. The van der Waals surface area contributed by atoms with E-state index in [-0.39, 0.29) is 23.6 Å². The minimum Gasteiger partial charge on any atom is -0.289 e. The Hall–Kier alpha value is -2.24. The van der Waals surface area contributed by atoms with Gasteiger partial charge in [0.15, 0.2) is 0 Å². The van der Waals surface area contributed by atoms with Gasteiger partial charge in [0.1, 0.15) is 0 Å². The average Bonchev–Trinajstić information content (AvgIpc) is 2.94. The summed E-state index contributed by atoms with van der Waals surface area (Å²) in [6.07, 6.45) is 7.64. The van der Waals surface area contributed by atoms with Crippen LogP contribution in [0.1, 0.15) is 45.4 Å². The van der Waals surface area contributed by atoms with Gasteiger partial charge in [-0.05, 0) is 31.6 Å². The molecule has 4 amide bonds. The first-order valence-electron chi connectivity index (χ1n) is 7.57. The molecule has 2 aliphatic rings. The molecule has 0 aromatic heterocycles. The quantitative estimate of drug-likeness (QED) is 0.519. The van der Waals surface area contributed by atoms with E-state index in [1.807, 2.05) is 0 Å². The summed E-state index contributed by atoms with van der Waals surface area (Å²) >= 11 is 0. The molecule has 0 aromatic rings. The van der Waals surface area contributed by atoms with E-state index in [0.717, 1.165) is 25.7 Å². The summed E-state index contributed by atoms with van der Waals surface area (Å²) in [6, 6.07) is 0. The first-order valence-corrected chi connectivity index (χ1v) is 7.57. The second-order valence-corrected chi connectivity index (χ2v) is 5.87. The summed E-state index contributed by atoms with van der Waals surface area (Å²) in [5, 5.41) is 4.47. The van der Waals surface area contributed by atoms with Crippen molar-refractivity contribution in [1.82, 2.24) is 10.6 Å². The van der Waals surface area contributed by atoms with Crippen LogP contribution >= 0.6 is 0 Å². The van der Waals surface area contributed by atoms with Crippen molar-refractivity contribution in [2.45, 2.75) is 45.4 Å². The zero-order valence-corrected chi connectivity index (χ0v) is 12.6. The molecule has 1 atom stereocenters. The van der Waals surface area contributed by atoms with Crippen molar-refractivity contribution in [3.05, 3.63) is 23.3 Å². The first-order chi connectivity index (χ1) is 10.5. The van der Waals surface area contributed by atoms with E-state index in [9.17, 15) is 19.2 Å². The number of imide groups is 2. The Morgan fingerprint density at radius 1 is 0.818 bits per heavy atom. The van der Waals surface area contributed by atoms with Crippen LogP contribution in [-0.2, 0) is 19.2 Å². The van der Waals surface area contributed by atoms with Crippen molar-refractivity contribution in [3.8, 4) is 0 Å². The molecule has 22 heavy (non-hydrogen) atoms. The molecule has 0 saturated heterocycles. The van der Waals surface area contributed by atoms with Crippen LogP contribution in [0, 0.1) is 5.92 Å². The number of carbonyl (C=O) groups excluding carboxylic acids is 4. The van der Waals surface area contributed by atoms with Gasteiger partial charge >= 0.3 is 0 Å². The molecule has 0 spiro atoms. The number of hydrogen-bond donors (Lipinski definition) is 2. The molecule has 0 aromatic carbocycles. The summed E-state index contributed by atoms with van der Waals surface area (Å²) < 4.78 is 0. The highest BCUT2D eigenvalue weighted by atomic mass is 16.2. The molecule has 2 aliphatic heterocycles. The lowest BCUT2D eigenvalue weighted by molar-refractivity contribution is -0.125. The topological polar surface area (TPSA) is 92.3 Å². The number of rotatable bonds is 8. The highest BCUT2D eigenvalue weighted by molar-refractivity contribution is 6.16. The van der Waals surface area contributed by atoms with Gasteiger partial charge < -0.3 is 0 Å². The Balaban J connectivity index is 1.61. The van der Waals surface area contributed by atoms with Crippen LogP contribution in [0.2, 0.25) is 0 Å². The fraction of sp³-hybridized carbons (Fsp3) is 0.500. The standard InChI is InChI=1S/C16H20N2O4/c1-10(6-7-12-9-14(20)18-16(12)22)4-2-3-5-11-8-13(19)17-15(11)21/h8-10H,2-7H2,1H3,(H,17,19,21)(H,18,20,22). The van der Waals surface area contributed by atoms with Gasteiger partial charge in [0.25, 0.3) is 23.6 Å². The second-order valence-electron chi connectivity index (χ2n) is 5.87. The Morgan fingerprint density at radius 3 is 1.86 bits per heavy atom. The molecule has 0 aliphatic carbocycles. The van der Waals surface area contributed by atoms with Gasteiger partial charge in [-0.2, -0.15) is 0 Å². The highest BCUT2D eigenvalue weighted by Crippen LogP contribution is 2.21. The van der Waals surface area contributed by atoms with Crippen molar-refractivity contribution >= 4 is 23.6 Å². The Labute approximate surface area is 129 Å². The smallest absolute Gasteiger partial charge is 0.254 e. The molecular weight excluding hydrogens is 284 g/mol. The van der Waals surface area contributed by atoms with Crippen LogP contribution in [0.25, 0.3) is 0 Å². The average molecular weight is 304 g/mol. The van der Waals surface area contributed by atoms with Crippen molar-refractivity contribution in [2.24, 2.45) is 5.92 Å². The Kier molecular flexibility index (Phi) is 5.25. The lowest BCUT2D eigenvalue weighted by Gasteiger charge is -2.10. The molecule has 1 unspecified atom stereocenters. The van der Waals surface area contributed by atoms with Crippen LogP contribution in [0.5, 0.6) is 0 Å². The van der Waals surface area contributed by atoms with Gasteiger partial charge in [-0.1, -0.05) is 19.8 Å². The molecule has 118 valence electrons. The molecule has 2 heterocycles. The summed E-state index contributed by atoms with van der Waals surface area (Å²) in [7, 11) is 0. The number of unbranched alkanes of at least 4 members (excludes halogenated alkanes) is 1. The third kappa shape index (κ3) is 4.38. The van der Waals surface area contributed by atoms with E-state index in [0.29, 0.717) is 29.9 Å². The van der Waals surface area contributed by atoms with Gasteiger partial charge in [0, 0.05) is 23.3 Å². The van der Waals surface area contributed by atoms with Crippen LogP contribution in [0.3, 0.4) is 0 Å². The number of carbonyl (C=O) groups is 4. The summed E-state index contributed by atoms with van der Waals surface area (Å²) in [5.74, 6) is -0.767. The molecule has 2 rings (SSSR count). The molecular formula is C16H20N2O4. The molecule has 0 saturated carbocycles. The van der Waals surface area contributed by atoms with E-state index < -0.39 is 0 Å². The predicted molar refractivity (Wildman–Crippen MR) is 79.3 cm³/mol. The third-order valence-corrected chi connectivity index (χ3v) is 3.97. The Morgan fingerprint density at radius 2 is 1.36 bits per heavy atom. The SMILES string of the molecule is CC(CCCCC1=CC(=O)NC1=O)CCC1=CC(=O)NC1=O. The monoisotopic (exact) mass is 304 g/mol. The van der Waals surface area contributed by atoms with Gasteiger partial charge in [0.2, 0.25) is 0 Å². The van der Waals surface area contributed by atoms with Crippen molar-refractivity contribution in [1.29, 1.82) is 0 Å². The van der Waals surface area contributed by atoms with Gasteiger partial charge in [-0.25, -0.2) is 0 Å². The van der Waals surface area contributed by atoms with Crippen LogP contribution in [0.4, 0.5) is 0 Å². The first kappa shape index (κ1) is 16.1. The number of hydrogen-bond acceptors (Lipinski definition) is 4. The molecule has 2 N–H and O–H groups in total. The van der Waals surface area contributed by atoms with Crippen LogP contribution in [-0.4, -0.2) is 23.6 Å². The maximum Gasteiger partial charge on any atom is 0.254 e. The highest BCUT2D eigenvalue weighted by Gasteiger charge is 2.21. The Bertz CT molecular complexity index is 575. The molecule has 0 bridgehead atoms. The lowest BCUT2D eigenvalue weighted by atomic mass is 9.95.